The van der Waals surface area contributed by atoms with Crippen molar-refractivity contribution in [3.8, 4) is 23.1 Å². The number of hydrogen-bond acceptors (Lipinski definition) is 4. The number of carbonyl (C=O) groups is 1. The number of rotatable bonds is 7. The monoisotopic (exact) mass is 411 g/mol. The van der Waals surface area contributed by atoms with Crippen LogP contribution in [0.2, 0.25) is 0 Å². The van der Waals surface area contributed by atoms with Crippen molar-refractivity contribution in [3.63, 3.8) is 0 Å². The number of nitrogens with one attached hydrogen (secondary N) is 1. The molecule has 1 aromatic heterocycles. The van der Waals surface area contributed by atoms with E-state index >= 15 is 0 Å². The Kier molecular flexibility index (Phi) is 6.63. The van der Waals surface area contributed by atoms with Crippen LogP contribution in [0.4, 0.5) is 10.5 Å². The van der Waals surface area contributed by atoms with E-state index in [1.807, 2.05) is 37.3 Å². The number of aromatic nitrogens is 1. The first-order valence-corrected chi connectivity index (χ1v) is 9.86. The number of nitriles is 1. The van der Waals surface area contributed by atoms with E-state index in [0.717, 1.165) is 34.3 Å². The molecule has 0 spiro atoms. The standard InChI is InChI=1S/C22H22ClN3O3/c1-3-26-20-13-17(29-12-4-11-23)9-10-18(20)19(14-24)21(26)15-5-7-16(8-6-15)25-22(27)28-2/h5-10,13H,3-4,11-12H2,1-2H3,(H,25,27). The van der Waals surface area contributed by atoms with Gasteiger partial charge < -0.3 is 14.0 Å². The predicted molar refractivity (Wildman–Crippen MR) is 115 cm³/mol. The Morgan fingerprint density at radius 2 is 2.00 bits per heavy atom. The maximum Gasteiger partial charge on any atom is 0.411 e. The van der Waals surface area contributed by atoms with Gasteiger partial charge in [0.25, 0.3) is 0 Å². The summed E-state index contributed by atoms with van der Waals surface area (Å²) < 4.78 is 12.5. The van der Waals surface area contributed by atoms with E-state index in [4.69, 9.17) is 16.3 Å². The van der Waals surface area contributed by atoms with Crippen molar-refractivity contribution in [1.29, 1.82) is 5.26 Å². The molecule has 1 amide bonds. The Labute approximate surface area is 174 Å². The van der Waals surface area contributed by atoms with E-state index in [-0.39, 0.29) is 0 Å². The highest BCUT2D eigenvalue weighted by Crippen LogP contribution is 2.35. The van der Waals surface area contributed by atoms with Crippen LogP contribution in [0.25, 0.3) is 22.2 Å². The molecule has 3 rings (SSSR count). The molecule has 150 valence electrons. The topological polar surface area (TPSA) is 76.3 Å². The van der Waals surface area contributed by atoms with Gasteiger partial charge in [-0.15, -0.1) is 11.6 Å². The number of carbonyl (C=O) groups excluding carboxylic acids is 1. The number of fused-ring (bicyclic) bond motifs is 1. The molecular formula is C22H22ClN3O3. The van der Waals surface area contributed by atoms with Crippen LogP contribution in [0.3, 0.4) is 0 Å². The Hall–Kier alpha value is -3.17. The molecule has 7 heteroatoms. The molecule has 3 aromatic rings. The number of methoxy groups -OCH3 is 1. The summed E-state index contributed by atoms with van der Waals surface area (Å²) in [5, 5.41) is 13.4. The lowest BCUT2D eigenvalue weighted by Gasteiger charge is -2.10. The molecule has 0 bridgehead atoms. The Balaban J connectivity index is 2.04. The molecule has 0 saturated carbocycles. The summed E-state index contributed by atoms with van der Waals surface area (Å²) in [6.07, 6.45) is 0.245. The number of ether oxygens (including phenoxy) is 2. The van der Waals surface area contributed by atoms with Gasteiger partial charge in [-0.3, -0.25) is 5.32 Å². The highest BCUT2D eigenvalue weighted by molar-refractivity contribution is 6.17. The first kappa shape index (κ1) is 20.6. The molecule has 0 unspecified atom stereocenters. The lowest BCUT2D eigenvalue weighted by atomic mass is 10.1. The highest BCUT2D eigenvalue weighted by Gasteiger charge is 2.18. The SMILES string of the molecule is CCn1c(-c2ccc(NC(=O)OC)cc2)c(C#N)c2ccc(OCCCCl)cc21. The van der Waals surface area contributed by atoms with Crippen LogP contribution in [-0.2, 0) is 11.3 Å². The third-order valence-electron chi connectivity index (χ3n) is 4.60. The van der Waals surface area contributed by atoms with Gasteiger partial charge in [0.2, 0.25) is 0 Å². The molecule has 1 heterocycles. The smallest absolute Gasteiger partial charge is 0.411 e. The van der Waals surface area contributed by atoms with Crippen LogP contribution in [0.5, 0.6) is 5.75 Å². The fourth-order valence-electron chi connectivity index (χ4n) is 3.29. The van der Waals surface area contributed by atoms with E-state index in [1.165, 1.54) is 7.11 Å². The fraction of sp³-hybridized carbons (Fsp3) is 0.273. The molecule has 6 nitrogen and oxygen atoms in total. The Morgan fingerprint density at radius 3 is 2.62 bits per heavy atom. The van der Waals surface area contributed by atoms with E-state index in [0.29, 0.717) is 30.3 Å². The minimum atomic E-state index is -0.528. The summed E-state index contributed by atoms with van der Waals surface area (Å²) in [5.74, 6) is 1.31. The first-order valence-electron chi connectivity index (χ1n) is 9.33. The molecule has 1 N–H and O–H groups in total. The van der Waals surface area contributed by atoms with E-state index in [1.54, 1.807) is 12.1 Å². The molecule has 2 aromatic carbocycles. The van der Waals surface area contributed by atoms with Gasteiger partial charge in [-0.05, 0) is 43.2 Å². The second-order valence-corrected chi connectivity index (χ2v) is 6.72. The molecule has 0 radical (unpaired) electrons. The average molecular weight is 412 g/mol. The van der Waals surface area contributed by atoms with Crippen LogP contribution in [0.15, 0.2) is 42.5 Å². The van der Waals surface area contributed by atoms with Crippen molar-refractivity contribution in [1.82, 2.24) is 4.57 Å². The number of alkyl halides is 1. The van der Waals surface area contributed by atoms with Crippen LogP contribution in [-0.4, -0.2) is 30.3 Å². The second kappa shape index (κ2) is 9.35. The third kappa shape index (κ3) is 4.30. The number of anilines is 1. The summed E-state index contributed by atoms with van der Waals surface area (Å²) in [6.45, 7) is 3.29. The van der Waals surface area contributed by atoms with Gasteiger partial charge in [0.05, 0.1) is 30.5 Å². The normalized spacial score (nSPS) is 10.6. The van der Waals surface area contributed by atoms with Crippen molar-refractivity contribution in [2.75, 3.05) is 24.9 Å². The third-order valence-corrected chi connectivity index (χ3v) is 4.87. The molecule has 0 aliphatic carbocycles. The quantitative estimate of drug-likeness (QED) is 0.418. The average Bonchev–Trinajstić information content (AvgIpc) is 3.07. The van der Waals surface area contributed by atoms with Crippen LogP contribution in [0.1, 0.15) is 18.9 Å². The summed E-state index contributed by atoms with van der Waals surface area (Å²) in [6, 6.07) is 15.4. The zero-order chi connectivity index (χ0) is 20.8. The number of amides is 1. The van der Waals surface area contributed by atoms with Gasteiger partial charge >= 0.3 is 6.09 Å². The van der Waals surface area contributed by atoms with Gasteiger partial charge in [0.1, 0.15) is 11.8 Å². The lowest BCUT2D eigenvalue weighted by molar-refractivity contribution is 0.187. The number of benzene rings is 2. The summed E-state index contributed by atoms with van der Waals surface area (Å²) >= 11 is 5.72. The minimum Gasteiger partial charge on any atom is -0.493 e. The molecule has 0 aliphatic heterocycles. The van der Waals surface area contributed by atoms with Crippen molar-refractivity contribution >= 4 is 34.3 Å². The molecule has 0 fully saturated rings. The van der Waals surface area contributed by atoms with Gasteiger partial charge in [-0.2, -0.15) is 5.26 Å². The minimum absolute atomic E-state index is 0.528. The van der Waals surface area contributed by atoms with Crippen LogP contribution < -0.4 is 10.1 Å². The van der Waals surface area contributed by atoms with Crippen molar-refractivity contribution in [2.45, 2.75) is 19.9 Å². The zero-order valence-corrected chi connectivity index (χ0v) is 17.1. The van der Waals surface area contributed by atoms with Gasteiger partial charge in [-0.25, -0.2) is 4.79 Å². The van der Waals surface area contributed by atoms with Crippen molar-refractivity contribution in [3.05, 3.63) is 48.0 Å². The number of halogens is 1. The fourth-order valence-corrected chi connectivity index (χ4v) is 3.39. The molecule has 0 aliphatic rings. The van der Waals surface area contributed by atoms with Gasteiger partial charge in [0, 0.05) is 29.6 Å². The number of aryl methyl sites for hydroxylation is 1. The Morgan fingerprint density at radius 1 is 1.24 bits per heavy atom. The van der Waals surface area contributed by atoms with E-state index < -0.39 is 6.09 Å². The molecule has 0 atom stereocenters. The second-order valence-electron chi connectivity index (χ2n) is 6.34. The summed E-state index contributed by atoms with van der Waals surface area (Å²) in [4.78, 5) is 11.4. The Bertz CT molecular complexity index is 1050. The first-order chi connectivity index (χ1) is 14.1. The van der Waals surface area contributed by atoms with Crippen LogP contribution in [0, 0.1) is 11.3 Å². The molecule has 29 heavy (non-hydrogen) atoms. The summed E-state index contributed by atoms with van der Waals surface area (Å²) in [7, 11) is 1.32. The summed E-state index contributed by atoms with van der Waals surface area (Å²) in [5.41, 5.74) is 3.91. The maximum absolute atomic E-state index is 11.4. The van der Waals surface area contributed by atoms with Crippen LogP contribution >= 0.6 is 11.6 Å². The molecule has 0 saturated heterocycles. The maximum atomic E-state index is 11.4. The van der Waals surface area contributed by atoms with E-state index in [9.17, 15) is 10.1 Å². The molecular weight excluding hydrogens is 390 g/mol. The number of nitrogens with zero attached hydrogens (tertiary/aromatic N) is 2. The van der Waals surface area contributed by atoms with Gasteiger partial charge in [-0.1, -0.05) is 12.1 Å². The van der Waals surface area contributed by atoms with E-state index in [2.05, 4.69) is 20.7 Å². The van der Waals surface area contributed by atoms with Crippen molar-refractivity contribution < 1.29 is 14.3 Å². The van der Waals surface area contributed by atoms with Crippen molar-refractivity contribution in [2.24, 2.45) is 0 Å². The predicted octanol–water partition coefficient (Wildman–Crippen LogP) is 5.39. The highest BCUT2D eigenvalue weighted by atomic mass is 35.5. The lowest BCUT2D eigenvalue weighted by Crippen LogP contribution is -2.10. The van der Waals surface area contributed by atoms with Gasteiger partial charge in [0.15, 0.2) is 0 Å². The largest absolute Gasteiger partial charge is 0.493 e. The zero-order valence-electron chi connectivity index (χ0n) is 16.4. The number of hydrogen-bond donors (Lipinski definition) is 1.